The highest BCUT2D eigenvalue weighted by molar-refractivity contribution is 5.64. The number of hydrogen-bond donors (Lipinski definition) is 0. The van der Waals surface area contributed by atoms with Crippen molar-refractivity contribution in [3.63, 3.8) is 0 Å². The Morgan fingerprint density at radius 1 is 1.33 bits per heavy atom. The molecule has 0 saturated carbocycles. The number of hydrogen-bond acceptors (Lipinski definition) is 1. The lowest BCUT2D eigenvalue weighted by atomic mass is 10.2. The van der Waals surface area contributed by atoms with Gasteiger partial charge in [0.1, 0.15) is 0 Å². The second kappa shape index (κ2) is 6.28. The van der Waals surface area contributed by atoms with E-state index in [2.05, 4.69) is 18.3 Å². The molecule has 0 N–H and O–H groups in total. The van der Waals surface area contributed by atoms with Gasteiger partial charge in [-0.2, -0.15) is 0 Å². The highest BCUT2D eigenvalue weighted by Crippen LogP contribution is 2.17. The van der Waals surface area contributed by atoms with Crippen molar-refractivity contribution in [2.45, 2.75) is 0 Å². The first-order valence-corrected chi connectivity index (χ1v) is 3.44. The standard InChI is InChI=1S/C9H9N.CH3F/c1-3-8-6-4-5-7-9(8)10-2;1-2/h3-7H,1-2H2;1H3. The van der Waals surface area contributed by atoms with Crippen LogP contribution in [-0.2, 0) is 0 Å². The SMILES string of the molecule is C=Cc1ccccc1N=C.CF. The van der Waals surface area contributed by atoms with E-state index in [1.54, 1.807) is 6.08 Å². The Labute approximate surface area is 72.3 Å². The van der Waals surface area contributed by atoms with Crippen molar-refractivity contribution in [1.29, 1.82) is 0 Å². The van der Waals surface area contributed by atoms with Crippen LogP contribution >= 0.6 is 0 Å². The van der Waals surface area contributed by atoms with Gasteiger partial charge in [0.25, 0.3) is 0 Å². The highest BCUT2D eigenvalue weighted by atomic mass is 19.1. The summed E-state index contributed by atoms with van der Waals surface area (Å²) in [6.07, 6.45) is 1.77. The van der Waals surface area contributed by atoms with Crippen molar-refractivity contribution in [1.82, 2.24) is 0 Å². The van der Waals surface area contributed by atoms with Crippen LogP contribution in [0.2, 0.25) is 0 Å². The van der Waals surface area contributed by atoms with Crippen LogP contribution in [0.25, 0.3) is 6.08 Å². The van der Waals surface area contributed by atoms with E-state index in [1.165, 1.54) is 0 Å². The summed E-state index contributed by atoms with van der Waals surface area (Å²) in [4.78, 5) is 3.82. The molecule has 1 rings (SSSR count). The molecule has 0 heterocycles. The van der Waals surface area contributed by atoms with Crippen LogP contribution in [0.15, 0.2) is 35.8 Å². The lowest BCUT2D eigenvalue weighted by Crippen LogP contribution is -1.70. The number of nitrogens with zero attached hydrogens (tertiary/aromatic N) is 1. The molecular weight excluding hydrogens is 153 g/mol. The van der Waals surface area contributed by atoms with E-state index in [9.17, 15) is 4.39 Å². The topological polar surface area (TPSA) is 12.4 Å². The molecule has 0 atom stereocenters. The first-order valence-electron chi connectivity index (χ1n) is 3.44. The second-order valence-corrected chi connectivity index (χ2v) is 1.92. The number of aliphatic imine (C=N–C) groups is 1. The molecule has 1 aromatic rings. The maximum Gasteiger partial charge on any atom is 0.0785 e. The summed E-state index contributed by atoms with van der Waals surface area (Å²) in [5.41, 5.74) is 1.91. The molecule has 0 spiro atoms. The predicted octanol–water partition coefficient (Wildman–Crippen LogP) is 3.25. The Morgan fingerprint density at radius 3 is 2.33 bits per heavy atom. The third kappa shape index (κ3) is 2.66. The average Bonchev–Trinajstić information content (AvgIpc) is 2.20. The Balaban J connectivity index is 0.000000561. The zero-order valence-corrected chi connectivity index (χ0v) is 7.13. The van der Waals surface area contributed by atoms with Crippen LogP contribution in [0, 0.1) is 0 Å². The predicted molar refractivity (Wildman–Crippen MR) is 52.8 cm³/mol. The molecule has 0 amide bonds. The molecule has 0 unspecified atom stereocenters. The smallest absolute Gasteiger partial charge is 0.0785 e. The molecule has 0 bridgehead atoms. The van der Waals surface area contributed by atoms with Crippen LogP contribution in [0.1, 0.15) is 5.56 Å². The van der Waals surface area contributed by atoms with Gasteiger partial charge in [0, 0.05) is 0 Å². The maximum atomic E-state index is 9.50. The van der Waals surface area contributed by atoms with Crippen LogP contribution in [0.4, 0.5) is 10.1 Å². The Morgan fingerprint density at radius 2 is 1.92 bits per heavy atom. The molecule has 0 aromatic heterocycles. The number of para-hydroxylation sites is 1. The molecule has 1 aromatic carbocycles. The van der Waals surface area contributed by atoms with E-state index < -0.39 is 0 Å². The molecule has 2 heteroatoms. The van der Waals surface area contributed by atoms with Gasteiger partial charge >= 0.3 is 0 Å². The van der Waals surface area contributed by atoms with Gasteiger partial charge in [-0.1, -0.05) is 30.9 Å². The molecular formula is C10H12FN. The average molecular weight is 165 g/mol. The zero-order chi connectivity index (χ0) is 9.40. The third-order valence-electron chi connectivity index (χ3n) is 1.33. The van der Waals surface area contributed by atoms with E-state index in [4.69, 9.17) is 0 Å². The summed E-state index contributed by atoms with van der Waals surface area (Å²) >= 11 is 0. The summed E-state index contributed by atoms with van der Waals surface area (Å²) in [7, 11) is 0.500. The summed E-state index contributed by atoms with van der Waals surface area (Å²) < 4.78 is 9.50. The Kier molecular flexibility index (Phi) is 5.53. The van der Waals surface area contributed by atoms with Gasteiger partial charge in [-0.3, -0.25) is 9.38 Å². The molecule has 12 heavy (non-hydrogen) atoms. The van der Waals surface area contributed by atoms with Gasteiger partial charge in [-0.25, -0.2) is 0 Å². The minimum absolute atomic E-state index is 0.500. The van der Waals surface area contributed by atoms with Crippen molar-refractivity contribution >= 4 is 18.5 Å². The van der Waals surface area contributed by atoms with E-state index >= 15 is 0 Å². The van der Waals surface area contributed by atoms with Gasteiger partial charge in [0.05, 0.1) is 12.9 Å². The molecule has 0 aliphatic rings. The minimum Gasteiger partial charge on any atom is -0.264 e. The molecule has 0 aliphatic carbocycles. The molecule has 0 radical (unpaired) electrons. The number of rotatable bonds is 2. The molecule has 1 nitrogen and oxygen atoms in total. The van der Waals surface area contributed by atoms with Crippen LogP contribution in [0.3, 0.4) is 0 Å². The lowest BCUT2D eigenvalue weighted by Gasteiger charge is -1.95. The van der Waals surface area contributed by atoms with Crippen LogP contribution < -0.4 is 0 Å². The van der Waals surface area contributed by atoms with Gasteiger partial charge < -0.3 is 0 Å². The largest absolute Gasteiger partial charge is 0.264 e. The summed E-state index contributed by atoms with van der Waals surface area (Å²) in [5, 5.41) is 0. The molecule has 0 saturated heterocycles. The summed E-state index contributed by atoms with van der Waals surface area (Å²) in [5.74, 6) is 0. The van der Waals surface area contributed by atoms with E-state index in [0.29, 0.717) is 7.18 Å². The van der Waals surface area contributed by atoms with Crippen molar-refractivity contribution in [2.75, 3.05) is 7.18 Å². The normalized spacial score (nSPS) is 7.83. The fourth-order valence-corrected chi connectivity index (χ4v) is 0.804. The number of halogens is 1. The van der Waals surface area contributed by atoms with E-state index in [1.807, 2.05) is 24.3 Å². The molecule has 0 fully saturated rings. The first kappa shape index (κ1) is 10.6. The molecule has 0 aliphatic heterocycles. The van der Waals surface area contributed by atoms with Crippen molar-refractivity contribution < 1.29 is 4.39 Å². The minimum atomic E-state index is 0.500. The van der Waals surface area contributed by atoms with Crippen LogP contribution in [0.5, 0.6) is 0 Å². The van der Waals surface area contributed by atoms with Crippen molar-refractivity contribution in [3.05, 3.63) is 36.4 Å². The third-order valence-corrected chi connectivity index (χ3v) is 1.33. The van der Waals surface area contributed by atoms with Crippen molar-refractivity contribution in [3.8, 4) is 0 Å². The van der Waals surface area contributed by atoms with Gasteiger partial charge in [-0.05, 0) is 18.3 Å². The number of benzene rings is 1. The second-order valence-electron chi connectivity index (χ2n) is 1.92. The van der Waals surface area contributed by atoms with E-state index in [-0.39, 0.29) is 0 Å². The fourth-order valence-electron chi connectivity index (χ4n) is 0.804. The van der Waals surface area contributed by atoms with Gasteiger partial charge in [0.15, 0.2) is 0 Å². The zero-order valence-electron chi connectivity index (χ0n) is 7.13. The van der Waals surface area contributed by atoms with Gasteiger partial charge in [0.2, 0.25) is 0 Å². The van der Waals surface area contributed by atoms with E-state index in [0.717, 1.165) is 11.3 Å². The Bertz CT molecular complexity index is 229. The highest BCUT2D eigenvalue weighted by Gasteiger charge is 1.90. The lowest BCUT2D eigenvalue weighted by molar-refractivity contribution is 0.636. The van der Waals surface area contributed by atoms with Crippen LogP contribution in [-0.4, -0.2) is 13.9 Å². The van der Waals surface area contributed by atoms with Gasteiger partial charge in [-0.15, -0.1) is 0 Å². The fraction of sp³-hybridized carbons (Fsp3) is 0.100. The first-order chi connectivity index (χ1) is 5.88. The molecule has 64 valence electrons. The van der Waals surface area contributed by atoms with Crippen molar-refractivity contribution in [2.24, 2.45) is 4.99 Å². The Hall–Kier alpha value is -1.44. The summed E-state index contributed by atoms with van der Waals surface area (Å²) in [6, 6.07) is 7.74. The summed E-state index contributed by atoms with van der Waals surface area (Å²) in [6.45, 7) is 7.09. The maximum absolute atomic E-state index is 9.50. The quantitative estimate of drug-likeness (QED) is 0.596. The number of alkyl halides is 1. The monoisotopic (exact) mass is 165 g/mol.